The summed E-state index contributed by atoms with van der Waals surface area (Å²) in [6.07, 6.45) is 2.94. The van der Waals surface area contributed by atoms with E-state index in [4.69, 9.17) is 0 Å². The fraction of sp³-hybridized carbons (Fsp3) is 0.148. The van der Waals surface area contributed by atoms with Gasteiger partial charge in [0.05, 0.1) is 17.3 Å². The van der Waals surface area contributed by atoms with Crippen LogP contribution in [0.4, 0.5) is 11.4 Å². The monoisotopic (exact) mass is 454 g/mol. The second-order valence-corrected chi connectivity index (χ2v) is 8.24. The van der Waals surface area contributed by atoms with Crippen LogP contribution in [0.3, 0.4) is 0 Å². The Kier molecular flexibility index (Phi) is 6.19. The largest absolute Gasteiger partial charge is 0.357 e. The molecule has 0 bridgehead atoms. The Morgan fingerprint density at radius 1 is 1.09 bits per heavy atom. The molecule has 3 aromatic rings. The molecule has 0 fully saturated rings. The number of aromatic amines is 1. The minimum atomic E-state index is -0.311. The molecule has 1 atom stereocenters. The van der Waals surface area contributed by atoms with Crippen molar-refractivity contribution in [3.63, 3.8) is 0 Å². The number of carbonyl (C=O) groups excluding carboxylic acids is 3. The first kappa shape index (κ1) is 22.8. The van der Waals surface area contributed by atoms with Crippen LogP contribution in [0.5, 0.6) is 0 Å². The number of fused-ring (bicyclic) bond motifs is 1. The smallest absolute Gasteiger partial charge is 0.256 e. The van der Waals surface area contributed by atoms with Crippen molar-refractivity contribution in [2.75, 3.05) is 10.6 Å². The Morgan fingerprint density at radius 2 is 1.82 bits per heavy atom. The van der Waals surface area contributed by atoms with E-state index >= 15 is 0 Å². The highest BCUT2D eigenvalue weighted by Crippen LogP contribution is 2.35. The first-order valence-corrected chi connectivity index (χ1v) is 10.9. The first-order chi connectivity index (χ1) is 16.3. The molecule has 4 rings (SSSR count). The maximum Gasteiger partial charge on any atom is 0.256 e. The summed E-state index contributed by atoms with van der Waals surface area (Å²) in [7, 11) is 0. The van der Waals surface area contributed by atoms with E-state index in [9.17, 15) is 14.4 Å². The zero-order valence-corrected chi connectivity index (χ0v) is 19.3. The van der Waals surface area contributed by atoms with E-state index in [2.05, 4.69) is 27.5 Å². The van der Waals surface area contributed by atoms with Gasteiger partial charge in [-0.25, -0.2) is 0 Å². The van der Waals surface area contributed by atoms with Crippen molar-refractivity contribution in [1.29, 1.82) is 0 Å². The first-order valence-electron chi connectivity index (χ1n) is 10.9. The zero-order chi connectivity index (χ0) is 24.4. The van der Waals surface area contributed by atoms with Crippen LogP contribution in [0.15, 0.2) is 61.2 Å². The van der Waals surface area contributed by atoms with Crippen molar-refractivity contribution >= 4 is 40.7 Å². The number of H-pyrrole nitrogens is 1. The molecule has 1 aliphatic heterocycles. The van der Waals surface area contributed by atoms with E-state index in [1.54, 1.807) is 24.3 Å². The molecule has 172 valence electrons. The van der Waals surface area contributed by atoms with Crippen LogP contribution in [-0.4, -0.2) is 22.7 Å². The lowest BCUT2D eigenvalue weighted by atomic mass is 10.0. The number of hydrogen-bond acceptors (Lipinski definition) is 3. The number of carbonyl (C=O) groups is 3. The van der Waals surface area contributed by atoms with Gasteiger partial charge in [0.25, 0.3) is 11.8 Å². The van der Waals surface area contributed by atoms with Gasteiger partial charge in [0.15, 0.2) is 0 Å². The molecule has 7 nitrogen and oxygen atoms in total. The number of aromatic nitrogens is 1. The van der Waals surface area contributed by atoms with Gasteiger partial charge < -0.3 is 20.9 Å². The van der Waals surface area contributed by atoms with Crippen LogP contribution < -0.4 is 16.0 Å². The maximum atomic E-state index is 12.9. The molecule has 0 saturated heterocycles. The summed E-state index contributed by atoms with van der Waals surface area (Å²) in [4.78, 5) is 40.6. The van der Waals surface area contributed by atoms with E-state index in [1.807, 2.05) is 51.1 Å². The maximum absolute atomic E-state index is 12.9. The van der Waals surface area contributed by atoms with E-state index in [0.717, 1.165) is 16.8 Å². The van der Waals surface area contributed by atoms with E-state index in [-0.39, 0.29) is 23.8 Å². The van der Waals surface area contributed by atoms with Gasteiger partial charge in [0, 0.05) is 28.2 Å². The highest BCUT2D eigenvalue weighted by atomic mass is 16.2. The average Bonchev–Trinajstić information content (AvgIpc) is 3.29. The van der Waals surface area contributed by atoms with Gasteiger partial charge in [0.2, 0.25) is 5.91 Å². The van der Waals surface area contributed by atoms with Crippen molar-refractivity contribution in [1.82, 2.24) is 10.3 Å². The topological polar surface area (TPSA) is 103 Å². The average molecular weight is 455 g/mol. The predicted octanol–water partition coefficient (Wildman–Crippen LogP) is 4.74. The molecule has 1 aromatic heterocycles. The van der Waals surface area contributed by atoms with E-state index in [1.165, 1.54) is 6.08 Å². The Morgan fingerprint density at radius 3 is 2.53 bits per heavy atom. The molecule has 4 N–H and O–H groups in total. The Labute approximate surface area is 198 Å². The number of hydrogen-bond donors (Lipinski definition) is 4. The van der Waals surface area contributed by atoms with Crippen LogP contribution in [0.25, 0.3) is 11.6 Å². The normalized spacial score (nSPS) is 14.3. The molecule has 3 amide bonds. The summed E-state index contributed by atoms with van der Waals surface area (Å²) < 4.78 is 0. The molecular weight excluding hydrogens is 428 g/mol. The minimum Gasteiger partial charge on any atom is -0.357 e. The number of nitrogens with one attached hydrogen (secondary N) is 4. The molecule has 1 aliphatic rings. The van der Waals surface area contributed by atoms with Gasteiger partial charge >= 0.3 is 0 Å². The van der Waals surface area contributed by atoms with Crippen molar-refractivity contribution in [3.8, 4) is 0 Å². The number of amides is 3. The lowest BCUT2D eigenvalue weighted by Crippen LogP contribution is -2.26. The number of anilines is 2. The number of benzene rings is 2. The summed E-state index contributed by atoms with van der Waals surface area (Å²) in [6, 6.07) is 14.7. The van der Waals surface area contributed by atoms with Crippen molar-refractivity contribution in [3.05, 3.63) is 94.8 Å². The minimum absolute atomic E-state index is 0.162. The third-order valence-electron chi connectivity index (χ3n) is 5.91. The van der Waals surface area contributed by atoms with Gasteiger partial charge in [-0.2, -0.15) is 0 Å². The third kappa shape index (κ3) is 4.41. The van der Waals surface area contributed by atoms with Crippen molar-refractivity contribution in [2.45, 2.75) is 26.8 Å². The molecule has 2 aromatic carbocycles. The molecule has 34 heavy (non-hydrogen) atoms. The Hall–Kier alpha value is -4.39. The van der Waals surface area contributed by atoms with Crippen LogP contribution >= 0.6 is 0 Å². The zero-order valence-electron chi connectivity index (χ0n) is 19.3. The van der Waals surface area contributed by atoms with Crippen LogP contribution in [0.1, 0.15) is 51.4 Å². The SMILES string of the molecule is C=CC(=O)Nc1c(C)[nH]c(/C=C2\C(=O)Nc3ccc(C(=O)N[C@H](C)c4ccccc4)cc32)c1C. The van der Waals surface area contributed by atoms with Gasteiger partial charge in [-0.15, -0.1) is 0 Å². The molecular formula is C27H26N4O3. The standard InChI is InChI=1S/C27H26N4O3/c1-5-24(32)31-25-15(2)23(28-17(25)4)14-21-20-13-19(11-12-22(20)30-27(21)34)26(33)29-16(3)18-9-7-6-8-10-18/h5-14,16,28H,1H2,2-4H3,(H,29,33)(H,30,34)(H,31,32)/b21-14-/t16-/m1/s1. The Bertz CT molecular complexity index is 1340. The molecule has 0 spiro atoms. The lowest BCUT2D eigenvalue weighted by Gasteiger charge is -2.14. The van der Waals surface area contributed by atoms with Crippen LogP contribution in [0, 0.1) is 13.8 Å². The number of aryl methyl sites for hydroxylation is 1. The van der Waals surface area contributed by atoms with E-state index in [0.29, 0.717) is 33.8 Å². The molecule has 7 heteroatoms. The fourth-order valence-electron chi connectivity index (χ4n) is 4.00. The van der Waals surface area contributed by atoms with Crippen molar-refractivity contribution < 1.29 is 14.4 Å². The summed E-state index contributed by atoms with van der Waals surface area (Å²) >= 11 is 0. The summed E-state index contributed by atoms with van der Waals surface area (Å²) in [5.41, 5.74) is 6.10. The molecule has 0 unspecified atom stereocenters. The van der Waals surface area contributed by atoms with Gasteiger partial charge in [-0.1, -0.05) is 36.9 Å². The van der Waals surface area contributed by atoms with Crippen LogP contribution in [-0.2, 0) is 9.59 Å². The summed E-state index contributed by atoms with van der Waals surface area (Å²) in [5.74, 6) is -0.790. The number of rotatable bonds is 6. The predicted molar refractivity (Wildman–Crippen MR) is 134 cm³/mol. The second-order valence-electron chi connectivity index (χ2n) is 8.24. The highest BCUT2D eigenvalue weighted by molar-refractivity contribution is 6.35. The van der Waals surface area contributed by atoms with Gasteiger partial charge in [0.1, 0.15) is 0 Å². The highest BCUT2D eigenvalue weighted by Gasteiger charge is 2.26. The molecule has 0 saturated carbocycles. The molecule has 0 radical (unpaired) electrons. The van der Waals surface area contributed by atoms with Gasteiger partial charge in [-0.05, 0) is 62.2 Å². The quantitative estimate of drug-likeness (QED) is 0.405. The molecule has 2 heterocycles. The van der Waals surface area contributed by atoms with Gasteiger partial charge in [-0.3, -0.25) is 14.4 Å². The van der Waals surface area contributed by atoms with E-state index < -0.39 is 0 Å². The fourth-order valence-corrected chi connectivity index (χ4v) is 4.00. The second kappa shape index (κ2) is 9.23. The summed E-state index contributed by atoms with van der Waals surface area (Å²) in [6.45, 7) is 9.10. The lowest BCUT2D eigenvalue weighted by molar-refractivity contribution is -0.112. The molecule has 0 aliphatic carbocycles. The van der Waals surface area contributed by atoms with Crippen LogP contribution in [0.2, 0.25) is 0 Å². The Balaban J connectivity index is 1.63. The summed E-state index contributed by atoms with van der Waals surface area (Å²) in [5, 5.41) is 8.64. The third-order valence-corrected chi connectivity index (χ3v) is 5.91. The van der Waals surface area contributed by atoms with Crippen molar-refractivity contribution in [2.24, 2.45) is 0 Å².